The van der Waals surface area contributed by atoms with Crippen LogP contribution in [0, 0.1) is 19.7 Å². The fourth-order valence-electron chi connectivity index (χ4n) is 3.63. The number of imide groups is 2. The minimum absolute atomic E-state index is 0.0854. The topological polar surface area (TPSA) is 105 Å². The van der Waals surface area contributed by atoms with Gasteiger partial charge in [-0.3, -0.25) is 19.7 Å². The van der Waals surface area contributed by atoms with Crippen LogP contribution in [0.4, 0.5) is 20.6 Å². The maximum absolute atomic E-state index is 13.4. The van der Waals surface area contributed by atoms with Crippen LogP contribution in [-0.4, -0.2) is 30.4 Å². The number of ether oxygens (including phenoxy) is 1. The lowest BCUT2D eigenvalue weighted by Gasteiger charge is -2.26. The standard InChI is InChI=1S/C27H20Br2FN3O5/c1-14-3-6-19(9-15(14)2)31-23(34)13-38-24-16(10-17(28)12-22(24)29)11-21-25(35)32-27(37)33(26(21)36)20-7-4-18(30)5-8-20/h3-12H,13H2,1-2H3,(H,31,34)(H,32,35,37)/b21-11+. The van der Waals surface area contributed by atoms with Crippen LogP contribution in [0.15, 0.2) is 69.1 Å². The first-order chi connectivity index (χ1) is 18.0. The summed E-state index contributed by atoms with van der Waals surface area (Å²) >= 11 is 6.76. The van der Waals surface area contributed by atoms with Gasteiger partial charge < -0.3 is 10.1 Å². The number of anilines is 2. The summed E-state index contributed by atoms with van der Waals surface area (Å²) in [5, 5.41) is 4.88. The minimum atomic E-state index is -0.960. The average Bonchev–Trinajstić information content (AvgIpc) is 2.84. The van der Waals surface area contributed by atoms with Gasteiger partial charge in [0.2, 0.25) is 0 Å². The fourth-order valence-corrected chi connectivity index (χ4v) is 5.00. The Bertz CT molecular complexity index is 1510. The molecule has 1 saturated heterocycles. The molecule has 1 fully saturated rings. The van der Waals surface area contributed by atoms with Crippen LogP contribution in [0.5, 0.6) is 5.75 Å². The van der Waals surface area contributed by atoms with E-state index < -0.39 is 29.6 Å². The second-order valence-corrected chi connectivity index (χ2v) is 10.1. The number of aryl methyl sites for hydroxylation is 2. The van der Waals surface area contributed by atoms with Gasteiger partial charge in [0, 0.05) is 15.7 Å². The molecule has 4 rings (SSSR count). The van der Waals surface area contributed by atoms with Gasteiger partial charge in [-0.2, -0.15) is 0 Å². The van der Waals surface area contributed by atoms with Gasteiger partial charge in [0.25, 0.3) is 17.7 Å². The van der Waals surface area contributed by atoms with Crippen LogP contribution in [-0.2, 0) is 14.4 Å². The van der Waals surface area contributed by atoms with Crippen molar-refractivity contribution in [3.8, 4) is 5.75 Å². The molecule has 0 unspecified atom stereocenters. The van der Waals surface area contributed by atoms with Gasteiger partial charge in [0.15, 0.2) is 6.61 Å². The smallest absolute Gasteiger partial charge is 0.335 e. The lowest BCUT2D eigenvalue weighted by molar-refractivity contribution is -0.122. The molecule has 0 aromatic heterocycles. The van der Waals surface area contributed by atoms with Crippen LogP contribution < -0.4 is 20.3 Å². The van der Waals surface area contributed by atoms with E-state index in [9.17, 15) is 23.6 Å². The quantitative estimate of drug-likeness (QED) is 0.267. The number of nitrogens with zero attached hydrogens (tertiary/aromatic N) is 1. The van der Waals surface area contributed by atoms with E-state index in [1.54, 1.807) is 18.2 Å². The summed E-state index contributed by atoms with van der Waals surface area (Å²) in [7, 11) is 0. The summed E-state index contributed by atoms with van der Waals surface area (Å²) in [6.45, 7) is 3.55. The second kappa shape index (κ2) is 11.3. The number of nitrogens with one attached hydrogen (secondary N) is 2. The van der Waals surface area contributed by atoms with Crippen molar-refractivity contribution in [2.45, 2.75) is 13.8 Å². The maximum atomic E-state index is 13.4. The molecule has 5 amide bonds. The zero-order valence-electron chi connectivity index (χ0n) is 20.1. The van der Waals surface area contributed by atoms with Gasteiger partial charge in [-0.05, 0) is 95.5 Å². The Morgan fingerprint density at radius 3 is 2.42 bits per heavy atom. The number of hydrogen-bond acceptors (Lipinski definition) is 5. The van der Waals surface area contributed by atoms with Crippen molar-refractivity contribution in [2.75, 3.05) is 16.8 Å². The summed E-state index contributed by atoms with van der Waals surface area (Å²) in [4.78, 5) is 51.5. The van der Waals surface area contributed by atoms with Gasteiger partial charge >= 0.3 is 6.03 Å². The molecule has 0 saturated carbocycles. The molecule has 1 aliphatic rings. The molecule has 38 heavy (non-hydrogen) atoms. The highest BCUT2D eigenvalue weighted by Gasteiger charge is 2.37. The molecular formula is C27H20Br2FN3O5. The molecule has 1 heterocycles. The van der Waals surface area contributed by atoms with Crippen LogP contribution in [0.2, 0.25) is 0 Å². The van der Waals surface area contributed by atoms with Crippen LogP contribution in [0.3, 0.4) is 0 Å². The third kappa shape index (κ3) is 6.00. The number of carbonyl (C=O) groups excluding carboxylic acids is 4. The van der Waals surface area contributed by atoms with Gasteiger partial charge in [-0.15, -0.1) is 0 Å². The van der Waals surface area contributed by atoms with E-state index in [4.69, 9.17) is 4.74 Å². The van der Waals surface area contributed by atoms with Gasteiger partial charge in [0.05, 0.1) is 10.2 Å². The molecule has 0 aliphatic carbocycles. The summed E-state index contributed by atoms with van der Waals surface area (Å²) in [5.41, 5.74) is 2.75. The Kier molecular flexibility index (Phi) is 8.08. The number of carbonyl (C=O) groups is 4. The van der Waals surface area contributed by atoms with Crippen LogP contribution in [0.1, 0.15) is 16.7 Å². The van der Waals surface area contributed by atoms with E-state index in [2.05, 4.69) is 42.5 Å². The summed E-state index contributed by atoms with van der Waals surface area (Å²) in [6.07, 6.45) is 1.26. The lowest BCUT2D eigenvalue weighted by atomic mass is 10.1. The van der Waals surface area contributed by atoms with Crippen molar-refractivity contribution >= 4 is 73.1 Å². The molecule has 0 radical (unpaired) electrons. The highest BCUT2D eigenvalue weighted by atomic mass is 79.9. The molecule has 3 aromatic carbocycles. The number of amides is 5. The zero-order valence-corrected chi connectivity index (χ0v) is 23.3. The van der Waals surface area contributed by atoms with Crippen molar-refractivity contribution in [2.24, 2.45) is 0 Å². The predicted octanol–water partition coefficient (Wildman–Crippen LogP) is 5.65. The third-order valence-electron chi connectivity index (χ3n) is 5.66. The second-order valence-electron chi connectivity index (χ2n) is 8.38. The molecule has 194 valence electrons. The molecule has 3 aromatic rings. The van der Waals surface area contributed by atoms with E-state index in [1.165, 1.54) is 18.2 Å². The normalized spacial score (nSPS) is 14.5. The van der Waals surface area contributed by atoms with Crippen LogP contribution >= 0.6 is 31.9 Å². The Morgan fingerprint density at radius 1 is 1.03 bits per heavy atom. The largest absolute Gasteiger partial charge is 0.482 e. The van der Waals surface area contributed by atoms with Crippen molar-refractivity contribution in [1.29, 1.82) is 0 Å². The summed E-state index contributed by atoms with van der Waals surface area (Å²) in [5.74, 6) is -2.58. The monoisotopic (exact) mass is 643 g/mol. The number of rotatable bonds is 6. The Labute approximate surface area is 234 Å². The number of barbiturate groups is 1. The van der Waals surface area contributed by atoms with Crippen molar-refractivity contribution < 1.29 is 28.3 Å². The highest BCUT2D eigenvalue weighted by Crippen LogP contribution is 2.35. The van der Waals surface area contributed by atoms with Gasteiger partial charge in [0.1, 0.15) is 17.1 Å². The van der Waals surface area contributed by atoms with Gasteiger partial charge in [-0.1, -0.05) is 22.0 Å². The molecule has 0 bridgehead atoms. The summed E-state index contributed by atoms with van der Waals surface area (Å²) in [6, 6.07) is 12.5. The number of halogens is 3. The fraction of sp³-hybridized carbons (Fsp3) is 0.111. The van der Waals surface area contributed by atoms with E-state index in [0.717, 1.165) is 28.2 Å². The Hall–Kier alpha value is -3.83. The van der Waals surface area contributed by atoms with Gasteiger partial charge in [-0.25, -0.2) is 14.1 Å². The molecule has 1 aliphatic heterocycles. The van der Waals surface area contributed by atoms with E-state index in [1.807, 2.05) is 26.0 Å². The van der Waals surface area contributed by atoms with Crippen LogP contribution in [0.25, 0.3) is 6.08 Å². The summed E-state index contributed by atoms with van der Waals surface area (Å²) < 4.78 is 20.2. The number of benzene rings is 3. The first-order valence-electron chi connectivity index (χ1n) is 11.2. The average molecular weight is 645 g/mol. The molecule has 2 N–H and O–H groups in total. The molecule has 0 atom stereocenters. The van der Waals surface area contributed by atoms with E-state index >= 15 is 0 Å². The number of hydrogen-bond donors (Lipinski definition) is 2. The Balaban J connectivity index is 1.61. The molecule has 0 spiro atoms. The Morgan fingerprint density at radius 2 is 1.74 bits per heavy atom. The maximum Gasteiger partial charge on any atom is 0.335 e. The molecular weight excluding hydrogens is 625 g/mol. The zero-order chi connectivity index (χ0) is 27.6. The minimum Gasteiger partial charge on any atom is -0.482 e. The lowest BCUT2D eigenvalue weighted by Crippen LogP contribution is -2.54. The SMILES string of the molecule is Cc1ccc(NC(=O)COc2c(Br)cc(Br)cc2/C=C2\C(=O)NC(=O)N(c3ccc(F)cc3)C2=O)cc1C. The van der Waals surface area contributed by atoms with Crippen molar-refractivity contribution in [1.82, 2.24) is 5.32 Å². The van der Waals surface area contributed by atoms with Crippen molar-refractivity contribution in [3.05, 3.63) is 91.6 Å². The number of urea groups is 1. The van der Waals surface area contributed by atoms with E-state index in [0.29, 0.717) is 14.6 Å². The molecule has 8 nitrogen and oxygen atoms in total. The third-order valence-corrected chi connectivity index (χ3v) is 6.71. The first-order valence-corrected chi connectivity index (χ1v) is 12.8. The molecule has 11 heteroatoms. The predicted molar refractivity (Wildman–Crippen MR) is 147 cm³/mol. The van der Waals surface area contributed by atoms with E-state index in [-0.39, 0.29) is 29.2 Å². The van der Waals surface area contributed by atoms with Crippen molar-refractivity contribution in [3.63, 3.8) is 0 Å². The first kappa shape index (κ1) is 27.2. The highest BCUT2D eigenvalue weighted by molar-refractivity contribution is 9.11.